The van der Waals surface area contributed by atoms with E-state index in [0.717, 1.165) is 4.47 Å². The van der Waals surface area contributed by atoms with Gasteiger partial charge in [0.1, 0.15) is 0 Å². The second kappa shape index (κ2) is 7.91. The van der Waals surface area contributed by atoms with E-state index in [1.54, 1.807) is 26.1 Å². The number of amides is 2. The lowest BCUT2D eigenvalue weighted by molar-refractivity contribution is -0.126. The van der Waals surface area contributed by atoms with Gasteiger partial charge in [-0.1, -0.05) is 22.9 Å². The average Bonchev–Trinajstić information content (AvgIpc) is 2.39. The fourth-order valence-electron chi connectivity index (χ4n) is 1.48. The molecule has 19 heavy (non-hydrogen) atoms. The van der Waals surface area contributed by atoms with Crippen LogP contribution in [0.1, 0.15) is 6.92 Å². The van der Waals surface area contributed by atoms with Crippen molar-refractivity contribution in [2.75, 3.05) is 25.5 Å². The Balaban J connectivity index is 2.35. The van der Waals surface area contributed by atoms with E-state index in [0.29, 0.717) is 12.2 Å². The van der Waals surface area contributed by atoms with Crippen molar-refractivity contribution in [3.05, 3.63) is 28.7 Å². The average molecular weight is 328 g/mol. The van der Waals surface area contributed by atoms with Gasteiger partial charge >= 0.3 is 0 Å². The standard InChI is InChI=1S/C13H18BrN3O2/c1-9(7-15-2)13(19)16-8-12(18)17-11-5-3-10(14)4-6-11/h3-6,9,15H,7-8H2,1-2H3,(H,16,19)(H,17,18). The van der Waals surface area contributed by atoms with Gasteiger partial charge in [0.25, 0.3) is 0 Å². The van der Waals surface area contributed by atoms with E-state index in [4.69, 9.17) is 0 Å². The van der Waals surface area contributed by atoms with E-state index in [2.05, 4.69) is 31.9 Å². The highest BCUT2D eigenvalue weighted by Gasteiger charge is 2.12. The van der Waals surface area contributed by atoms with Crippen LogP contribution in [0.3, 0.4) is 0 Å². The van der Waals surface area contributed by atoms with Crippen LogP contribution in [-0.2, 0) is 9.59 Å². The summed E-state index contributed by atoms with van der Waals surface area (Å²) in [5, 5.41) is 8.22. The third kappa shape index (κ3) is 5.85. The first-order valence-corrected chi connectivity index (χ1v) is 6.80. The molecule has 0 spiro atoms. The van der Waals surface area contributed by atoms with Gasteiger partial charge < -0.3 is 16.0 Å². The second-order valence-corrected chi connectivity index (χ2v) is 5.15. The van der Waals surface area contributed by atoms with E-state index in [1.165, 1.54) is 0 Å². The highest BCUT2D eigenvalue weighted by Crippen LogP contribution is 2.13. The van der Waals surface area contributed by atoms with Gasteiger partial charge in [-0.3, -0.25) is 9.59 Å². The summed E-state index contributed by atoms with van der Waals surface area (Å²) >= 11 is 3.32. The van der Waals surface area contributed by atoms with Gasteiger partial charge in [0, 0.05) is 22.6 Å². The predicted molar refractivity (Wildman–Crippen MR) is 78.9 cm³/mol. The first-order chi connectivity index (χ1) is 9.02. The highest BCUT2D eigenvalue weighted by molar-refractivity contribution is 9.10. The van der Waals surface area contributed by atoms with Crippen molar-refractivity contribution in [1.82, 2.24) is 10.6 Å². The molecule has 0 saturated carbocycles. The predicted octanol–water partition coefficient (Wildman–Crippen LogP) is 1.36. The van der Waals surface area contributed by atoms with E-state index >= 15 is 0 Å². The zero-order valence-electron chi connectivity index (χ0n) is 11.0. The number of hydrogen-bond donors (Lipinski definition) is 3. The minimum absolute atomic E-state index is 0.0248. The molecule has 0 heterocycles. The van der Waals surface area contributed by atoms with Crippen molar-refractivity contribution >= 4 is 33.4 Å². The number of halogens is 1. The summed E-state index contributed by atoms with van der Waals surface area (Å²) in [6, 6.07) is 7.24. The maximum Gasteiger partial charge on any atom is 0.243 e. The van der Waals surface area contributed by atoms with Crippen LogP contribution in [0.2, 0.25) is 0 Å². The van der Waals surface area contributed by atoms with E-state index in [9.17, 15) is 9.59 Å². The van der Waals surface area contributed by atoms with Crippen LogP contribution in [0.25, 0.3) is 0 Å². The third-order valence-electron chi connectivity index (χ3n) is 2.51. The number of hydrogen-bond acceptors (Lipinski definition) is 3. The van der Waals surface area contributed by atoms with Gasteiger partial charge in [-0.15, -0.1) is 0 Å². The highest BCUT2D eigenvalue weighted by atomic mass is 79.9. The molecule has 0 aliphatic heterocycles. The largest absolute Gasteiger partial charge is 0.347 e. The lowest BCUT2D eigenvalue weighted by atomic mass is 10.1. The number of benzene rings is 1. The lowest BCUT2D eigenvalue weighted by Gasteiger charge is -2.11. The number of carbonyl (C=O) groups excluding carboxylic acids is 2. The monoisotopic (exact) mass is 327 g/mol. The van der Waals surface area contributed by atoms with Crippen LogP contribution in [0, 0.1) is 5.92 Å². The molecule has 0 saturated heterocycles. The molecule has 5 nitrogen and oxygen atoms in total. The van der Waals surface area contributed by atoms with Crippen molar-refractivity contribution in [1.29, 1.82) is 0 Å². The van der Waals surface area contributed by atoms with E-state index in [1.807, 2.05) is 12.1 Å². The van der Waals surface area contributed by atoms with Crippen molar-refractivity contribution in [2.45, 2.75) is 6.92 Å². The SMILES string of the molecule is CNCC(C)C(=O)NCC(=O)Nc1ccc(Br)cc1. The molecule has 0 radical (unpaired) electrons. The van der Waals surface area contributed by atoms with Gasteiger partial charge in [0.05, 0.1) is 6.54 Å². The van der Waals surface area contributed by atoms with Gasteiger partial charge in [0.2, 0.25) is 11.8 Å². The lowest BCUT2D eigenvalue weighted by Crippen LogP contribution is -2.38. The van der Waals surface area contributed by atoms with Gasteiger partial charge in [-0.05, 0) is 31.3 Å². The summed E-state index contributed by atoms with van der Waals surface area (Å²) in [5.41, 5.74) is 0.700. The van der Waals surface area contributed by atoms with Crippen molar-refractivity contribution < 1.29 is 9.59 Å². The molecule has 3 N–H and O–H groups in total. The fourth-order valence-corrected chi connectivity index (χ4v) is 1.74. The normalized spacial score (nSPS) is 11.7. The topological polar surface area (TPSA) is 70.2 Å². The summed E-state index contributed by atoms with van der Waals surface area (Å²) in [4.78, 5) is 23.2. The van der Waals surface area contributed by atoms with Crippen LogP contribution in [0.4, 0.5) is 5.69 Å². The van der Waals surface area contributed by atoms with Crippen LogP contribution >= 0.6 is 15.9 Å². The Morgan fingerprint density at radius 2 is 1.89 bits per heavy atom. The van der Waals surface area contributed by atoms with Crippen LogP contribution in [-0.4, -0.2) is 32.0 Å². The van der Waals surface area contributed by atoms with E-state index < -0.39 is 0 Å². The Morgan fingerprint density at radius 1 is 1.26 bits per heavy atom. The van der Waals surface area contributed by atoms with E-state index in [-0.39, 0.29) is 24.3 Å². The second-order valence-electron chi connectivity index (χ2n) is 4.23. The molecule has 1 unspecified atom stereocenters. The molecule has 1 aromatic carbocycles. The number of carbonyl (C=O) groups is 2. The number of nitrogens with one attached hydrogen (secondary N) is 3. The zero-order chi connectivity index (χ0) is 14.3. The molecule has 104 valence electrons. The first kappa shape index (κ1) is 15.7. The minimum Gasteiger partial charge on any atom is -0.347 e. The molecule has 0 aromatic heterocycles. The molecule has 0 aliphatic rings. The fraction of sp³-hybridized carbons (Fsp3) is 0.385. The minimum atomic E-state index is -0.243. The quantitative estimate of drug-likeness (QED) is 0.738. The van der Waals surface area contributed by atoms with Crippen LogP contribution in [0.5, 0.6) is 0 Å². The Morgan fingerprint density at radius 3 is 2.47 bits per heavy atom. The molecular weight excluding hydrogens is 310 g/mol. The first-order valence-electron chi connectivity index (χ1n) is 6.00. The third-order valence-corrected chi connectivity index (χ3v) is 3.04. The Bertz CT molecular complexity index is 434. The van der Waals surface area contributed by atoms with Crippen LogP contribution < -0.4 is 16.0 Å². The molecule has 1 rings (SSSR count). The maximum absolute atomic E-state index is 11.6. The summed E-state index contributed by atoms with van der Waals surface area (Å²) in [7, 11) is 1.78. The molecule has 0 fully saturated rings. The zero-order valence-corrected chi connectivity index (χ0v) is 12.6. The molecule has 0 bridgehead atoms. The summed E-state index contributed by atoms with van der Waals surface area (Å²) in [6.07, 6.45) is 0. The molecule has 6 heteroatoms. The van der Waals surface area contributed by atoms with Crippen molar-refractivity contribution in [2.24, 2.45) is 5.92 Å². The van der Waals surface area contributed by atoms with Gasteiger partial charge in [-0.2, -0.15) is 0 Å². The van der Waals surface area contributed by atoms with Gasteiger partial charge in [0.15, 0.2) is 0 Å². The Kier molecular flexibility index (Phi) is 6.52. The molecule has 0 aliphatic carbocycles. The van der Waals surface area contributed by atoms with Gasteiger partial charge in [-0.25, -0.2) is 0 Å². The smallest absolute Gasteiger partial charge is 0.243 e. The summed E-state index contributed by atoms with van der Waals surface area (Å²) < 4.78 is 0.944. The maximum atomic E-state index is 11.6. The molecular formula is C13H18BrN3O2. The van der Waals surface area contributed by atoms with Crippen LogP contribution in [0.15, 0.2) is 28.7 Å². The number of rotatable bonds is 6. The van der Waals surface area contributed by atoms with Crippen molar-refractivity contribution in [3.8, 4) is 0 Å². The molecule has 1 atom stereocenters. The van der Waals surface area contributed by atoms with Crippen molar-refractivity contribution in [3.63, 3.8) is 0 Å². The Hall–Kier alpha value is -1.40. The summed E-state index contributed by atoms with van der Waals surface area (Å²) in [6.45, 7) is 2.36. The molecule has 2 amide bonds. The summed E-state index contributed by atoms with van der Waals surface area (Å²) in [5.74, 6) is -0.543. The molecule has 1 aromatic rings. The number of anilines is 1. The Labute approximate surface area is 121 Å².